The molecule has 0 aliphatic heterocycles. The van der Waals surface area contributed by atoms with E-state index < -0.39 is 6.04 Å². The fourth-order valence-electron chi connectivity index (χ4n) is 3.76. The topological polar surface area (TPSA) is 75.2 Å². The molecule has 0 radical (unpaired) electrons. The molecule has 4 rings (SSSR count). The molecule has 1 saturated carbocycles. The van der Waals surface area contributed by atoms with Crippen molar-refractivity contribution >= 4 is 29.0 Å². The second-order valence-corrected chi connectivity index (χ2v) is 7.71. The van der Waals surface area contributed by atoms with Crippen molar-refractivity contribution < 1.29 is 9.59 Å². The third kappa shape index (κ3) is 4.35. The Morgan fingerprint density at radius 3 is 2.28 bits per heavy atom. The number of hydrogen-bond acceptors (Lipinski definition) is 5. The highest BCUT2D eigenvalue weighted by atomic mass is 32.1. The van der Waals surface area contributed by atoms with Crippen LogP contribution >= 0.6 is 11.5 Å². The molecule has 1 fully saturated rings. The van der Waals surface area contributed by atoms with Crippen LogP contribution in [-0.4, -0.2) is 27.4 Å². The van der Waals surface area contributed by atoms with Crippen molar-refractivity contribution in [2.24, 2.45) is 0 Å². The first-order valence-electron chi connectivity index (χ1n) is 9.75. The third-order valence-corrected chi connectivity index (χ3v) is 5.66. The smallest absolute Gasteiger partial charge is 0.280 e. The molecular weight excluding hydrogens is 384 g/mol. The molecule has 1 N–H and O–H groups in total. The average molecular weight is 407 g/mol. The van der Waals surface area contributed by atoms with Gasteiger partial charge in [-0.3, -0.25) is 14.5 Å². The van der Waals surface area contributed by atoms with Crippen molar-refractivity contribution in [1.29, 1.82) is 0 Å². The van der Waals surface area contributed by atoms with E-state index in [4.69, 9.17) is 0 Å². The van der Waals surface area contributed by atoms with E-state index in [1.54, 1.807) is 5.38 Å². The van der Waals surface area contributed by atoms with E-state index in [1.807, 2.05) is 60.7 Å². The van der Waals surface area contributed by atoms with Gasteiger partial charge in [-0.1, -0.05) is 65.9 Å². The lowest BCUT2D eigenvalue weighted by Gasteiger charge is -2.31. The fraction of sp³-hybridized carbons (Fsp3) is 0.273. The lowest BCUT2D eigenvalue weighted by molar-refractivity contribution is -0.123. The Kier molecular flexibility index (Phi) is 5.95. The number of benzene rings is 2. The van der Waals surface area contributed by atoms with Crippen LogP contribution in [0, 0.1) is 0 Å². The van der Waals surface area contributed by atoms with E-state index in [1.165, 1.54) is 4.90 Å². The molecule has 1 unspecified atom stereocenters. The minimum absolute atomic E-state index is 0.155. The molecule has 1 aliphatic rings. The zero-order valence-corrected chi connectivity index (χ0v) is 16.7. The monoisotopic (exact) mass is 406 g/mol. The number of carbonyl (C=O) groups excluding carboxylic acids is 2. The number of anilines is 1. The number of para-hydroxylation sites is 1. The summed E-state index contributed by atoms with van der Waals surface area (Å²) in [7, 11) is 0. The zero-order chi connectivity index (χ0) is 20.1. The van der Waals surface area contributed by atoms with Crippen LogP contribution in [0.1, 0.15) is 47.8 Å². The van der Waals surface area contributed by atoms with Gasteiger partial charge in [0.1, 0.15) is 6.04 Å². The van der Waals surface area contributed by atoms with Gasteiger partial charge in [-0.15, -0.1) is 5.10 Å². The fourth-order valence-corrected chi connectivity index (χ4v) is 4.19. The standard InChI is InChI=1S/C22H22N4O2S/c27-21(23-17-11-7-8-12-17)20(16-9-3-1-4-10-16)26(18-13-5-2-6-14-18)22(28)19-15-29-25-24-19/h1-6,9-10,13-15,17,20H,7-8,11-12H2,(H,23,27). The molecule has 1 atom stereocenters. The number of amides is 2. The Morgan fingerprint density at radius 2 is 1.66 bits per heavy atom. The Morgan fingerprint density at radius 1 is 1.00 bits per heavy atom. The number of carbonyl (C=O) groups is 2. The van der Waals surface area contributed by atoms with Crippen LogP contribution in [0.25, 0.3) is 0 Å². The summed E-state index contributed by atoms with van der Waals surface area (Å²) < 4.78 is 3.82. The molecule has 1 aromatic heterocycles. The third-order valence-electron chi connectivity index (χ3n) is 5.16. The van der Waals surface area contributed by atoms with Gasteiger partial charge >= 0.3 is 0 Å². The summed E-state index contributed by atoms with van der Waals surface area (Å²) in [4.78, 5) is 28.4. The highest BCUT2D eigenvalue weighted by Gasteiger charge is 2.35. The van der Waals surface area contributed by atoms with Crippen LogP contribution in [0.3, 0.4) is 0 Å². The summed E-state index contributed by atoms with van der Waals surface area (Å²) in [5.74, 6) is -0.524. The summed E-state index contributed by atoms with van der Waals surface area (Å²) in [6.07, 6.45) is 4.19. The predicted molar refractivity (Wildman–Crippen MR) is 113 cm³/mol. The second kappa shape index (κ2) is 8.96. The van der Waals surface area contributed by atoms with Crippen molar-refractivity contribution in [2.45, 2.75) is 37.8 Å². The molecular formula is C22H22N4O2S. The van der Waals surface area contributed by atoms with E-state index in [9.17, 15) is 9.59 Å². The first-order valence-corrected chi connectivity index (χ1v) is 10.6. The van der Waals surface area contributed by atoms with Gasteiger partial charge in [0, 0.05) is 17.1 Å². The second-order valence-electron chi connectivity index (χ2n) is 7.10. The van der Waals surface area contributed by atoms with Gasteiger partial charge in [0.15, 0.2) is 5.69 Å². The highest BCUT2D eigenvalue weighted by molar-refractivity contribution is 7.03. The van der Waals surface area contributed by atoms with E-state index >= 15 is 0 Å². The number of hydrogen-bond donors (Lipinski definition) is 1. The van der Waals surface area contributed by atoms with Gasteiger partial charge in [0.05, 0.1) is 0 Å². The number of aromatic nitrogens is 2. The minimum atomic E-state index is -0.798. The molecule has 1 aliphatic carbocycles. The normalized spacial score (nSPS) is 15.0. The zero-order valence-electron chi connectivity index (χ0n) is 15.9. The van der Waals surface area contributed by atoms with E-state index in [0.29, 0.717) is 5.69 Å². The van der Waals surface area contributed by atoms with Crippen molar-refractivity contribution in [1.82, 2.24) is 14.9 Å². The summed E-state index contributed by atoms with van der Waals surface area (Å²) in [5.41, 5.74) is 1.62. The molecule has 3 aromatic rings. The Hall–Kier alpha value is -3.06. The molecule has 0 spiro atoms. The largest absolute Gasteiger partial charge is 0.351 e. The van der Waals surface area contributed by atoms with Crippen LogP contribution in [0.5, 0.6) is 0 Å². The Bertz CT molecular complexity index is 941. The van der Waals surface area contributed by atoms with E-state index in [0.717, 1.165) is 42.8 Å². The molecule has 1 heterocycles. The average Bonchev–Trinajstić information content (AvgIpc) is 3.47. The van der Waals surface area contributed by atoms with Crippen molar-refractivity contribution in [3.8, 4) is 0 Å². The first kappa shape index (κ1) is 19.3. The molecule has 2 amide bonds. The summed E-state index contributed by atoms with van der Waals surface area (Å²) >= 11 is 1.11. The van der Waals surface area contributed by atoms with Crippen LogP contribution in [0.4, 0.5) is 5.69 Å². The summed E-state index contributed by atoms with van der Waals surface area (Å²) in [6, 6.07) is 18.0. The van der Waals surface area contributed by atoms with Gasteiger partial charge < -0.3 is 5.32 Å². The predicted octanol–water partition coefficient (Wildman–Crippen LogP) is 3.99. The number of nitrogens with one attached hydrogen (secondary N) is 1. The number of nitrogens with zero attached hydrogens (tertiary/aromatic N) is 3. The maximum atomic E-state index is 13.5. The summed E-state index contributed by atoms with van der Waals surface area (Å²) in [5, 5.41) is 8.71. The van der Waals surface area contributed by atoms with Gasteiger partial charge in [-0.2, -0.15) is 0 Å². The Balaban J connectivity index is 1.77. The maximum Gasteiger partial charge on any atom is 0.280 e. The maximum absolute atomic E-state index is 13.5. The lowest BCUT2D eigenvalue weighted by Crippen LogP contribution is -2.46. The van der Waals surface area contributed by atoms with Crippen LogP contribution in [-0.2, 0) is 4.79 Å². The first-order chi connectivity index (χ1) is 14.2. The van der Waals surface area contributed by atoms with E-state index in [-0.39, 0.29) is 23.6 Å². The van der Waals surface area contributed by atoms with Crippen molar-refractivity contribution in [3.63, 3.8) is 0 Å². The van der Waals surface area contributed by atoms with E-state index in [2.05, 4.69) is 14.9 Å². The Labute approximate surface area is 173 Å². The number of rotatable bonds is 6. The summed E-state index contributed by atoms with van der Waals surface area (Å²) in [6.45, 7) is 0. The van der Waals surface area contributed by atoms with Gasteiger partial charge in [0.2, 0.25) is 5.91 Å². The molecule has 29 heavy (non-hydrogen) atoms. The van der Waals surface area contributed by atoms with Crippen molar-refractivity contribution in [2.75, 3.05) is 4.90 Å². The molecule has 6 nitrogen and oxygen atoms in total. The minimum Gasteiger partial charge on any atom is -0.351 e. The van der Waals surface area contributed by atoms with Gasteiger partial charge in [-0.05, 0) is 42.1 Å². The lowest BCUT2D eigenvalue weighted by atomic mass is 10.0. The SMILES string of the molecule is O=C(NC1CCCC1)C(c1ccccc1)N(C(=O)c1csnn1)c1ccccc1. The molecule has 0 bridgehead atoms. The van der Waals surface area contributed by atoms with Crippen molar-refractivity contribution in [3.05, 3.63) is 77.3 Å². The van der Waals surface area contributed by atoms with Crippen LogP contribution in [0.15, 0.2) is 66.0 Å². The molecule has 2 aromatic carbocycles. The molecule has 0 saturated heterocycles. The van der Waals surface area contributed by atoms with Crippen LogP contribution < -0.4 is 10.2 Å². The van der Waals surface area contributed by atoms with Gasteiger partial charge in [0.25, 0.3) is 5.91 Å². The molecule has 7 heteroatoms. The van der Waals surface area contributed by atoms with Crippen LogP contribution in [0.2, 0.25) is 0 Å². The quantitative estimate of drug-likeness (QED) is 0.672. The van der Waals surface area contributed by atoms with Gasteiger partial charge in [-0.25, -0.2) is 0 Å². The molecule has 148 valence electrons. The highest BCUT2D eigenvalue weighted by Crippen LogP contribution is 2.30.